The molecule has 0 aliphatic rings. The van der Waals surface area contributed by atoms with Gasteiger partial charge >= 0.3 is 0 Å². The number of hydrogen-bond donors (Lipinski definition) is 2. The second-order valence-corrected chi connectivity index (χ2v) is 7.07. The Hall–Kier alpha value is -3.61. The zero-order valence-corrected chi connectivity index (χ0v) is 17.7. The first-order chi connectivity index (χ1) is 14.4. The molecule has 30 heavy (non-hydrogen) atoms. The first-order valence-electron chi connectivity index (χ1n) is 9.86. The number of nitrogens with zero attached hydrogens (tertiary/aromatic N) is 2. The second-order valence-electron chi connectivity index (χ2n) is 7.07. The fourth-order valence-electron chi connectivity index (χ4n) is 2.86. The lowest BCUT2D eigenvalue weighted by molar-refractivity contribution is 0.0953. The monoisotopic (exact) mass is 406 g/mol. The molecule has 0 saturated carbocycles. The molecule has 1 aromatic heterocycles. The van der Waals surface area contributed by atoms with E-state index in [2.05, 4.69) is 15.7 Å². The number of amides is 1. The van der Waals surface area contributed by atoms with Gasteiger partial charge in [0.1, 0.15) is 5.75 Å². The van der Waals surface area contributed by atoms with Crippen LogP contribution < -0.4 is 20.9 Å². The summed E-state index contributed by atoms with van der Waals surface area (Å²) in [6, 6.07) is 12.7. The van der Waals surface area contributed by atoms with Crippen molar-refractivity contribution >= 4 is 17.3 Å². The van der Waals surface area contributed by atoms with Gasteiger partial charge in [0, 0.05) is 24.8 Å². The number of anilines is 2. The Bertz CT molecular complexity index is 1100. The number of carbonyl (C=O) groups excluding carboxylic acids is 1. The molecule has 0 fully saturated rings. The molecule has 0 saturated heterocycles. The van der Waals surface area contributed by atoms with Gasteiger partial charge in [0.05, 0.1) is 6.20 Å². The van der Waals surface area contributed by atoms with E-state index in [1.54, 1.807) is 31.3 Å². The standard InChI is InChI=1S/C23H26N4O3/c1-5-13-24-22(28)17-9-11-18(12-10-17)26-21-20(14-25-27(4)23(21)29)30-19-8-6-7-15(2)16(19)3/h6-12,14,26H,5,13H2,1-4H3,(H,24,28). The molecule has 1 amide bonds. The van der Waals surface area contributed by atoms with Gasteiger partial charge < -0.3 is 15.4 Å². The van der Waals surface area contributed by atoms with Crippen LogP contribution in [0.5, 0.6) is 11.5 Å². The summed E-state index contributed by atoms with van der Waals surface area (Å²) in [6.07, 6.45) is 2.39. The van der Waals surface area contributed by atoms with Crippen molar-refractivity contribution in [1.82, 2.24) is 15.1 Å². The Morgan fingerprint density at radius 3 is 2.53 bits per heavy atom. The fourth-order valence-corrected chi connectivity index (χ4v) is 2.86. The Balaban J connectivity index is 1.88. The lowest BCUT2D eigenvalue weighted by Gasteiger charge is -2.15. The second kappa shape index (κ2) is 9.26. The minimum Gasteiger partial charge on any atom is -0.453 e. The number of ether oxygens (including phenoxy) is 1. The molecule has 1 heterocycles. The normalized spacial score (nSPS) is 10.5. The summed E-state index contributed by atoms with van der Waals surface area (Å²) in [5.74, 6) is 0.870. The Morgan fingerprint density at radius 2 is 1.83 bits per heavy atom. The number of nitrogens with one attached hydrogen (secondary N) is 2. The van der Waals surface area contributed by atoms with Crippen molar-refractivity contribution < 1.29 is 9.53 Å². The van der Waals surface area contributed by atoms with Crippen LogP contribution in [0.3, 0.4) is 0 Å². The van der Waals surface area contributed by atoms with Gasteiger partial charge in [0.15, 0.2) is 11.4 Å². The topological polar surface area (TPSA) is 85.2 Å². The predicted octanol–water partition coefficient (Wildman–Crippen LogP) is 4.07. The van der Waals surface area contributed by atoms with Crippen molar-refractivity contribution in [2.75, 3.05) is 11.9 Å². The third-order valence-corrected chi connectivity index (χ3v) is 4.83. The molecule has 3 rings (SSSR count). The van der Waals surface area contributed by atoms with Crippen LogP contribution in [-0.4, -0.2) is 22.2 Å². The summed E-state index contributed by atoms with van der Waals surface area (Å²) >= 11 is 0. The van der Waals surface area contributed by atoms with Crippen LogP contribution in [0.2, 0.25) is 0 Å². The van der Waals surface area contributed by atoms with Crippen LogP contribution in [0, 0.1) is 13.8 Å². The maximum atomic E-state index is 12.7. The molecule has 0 spiro atoms. The Morgan fingerprint density at radius 1 is 1.10 bits per heavy atom. The molecule has 3 aromatic rings. The molecule has 0 aliphatic heterocycles. The Kier molecular flexibility index (Phi) is 6.51. The SMILES string of the molecule is CCCNC(=O)c1ccc(Nc2c(Oc3cccc(C)c3C)cnn(C)c2=O)cc1. The van der Waals surface area contributed by atoms with Crippen molar-refractivity contribution in [3.8, 4) is 11.5 Å². The van der Waals surface area contributed by atoms with Crippen LogP contribution >= 0.6 is 0 Å². The smallest absolute Gasteiger partial charge is 0.294 e. The third kappa shape index (κ3) is 4.68. The summed E-state index contributed by atoms with van der Waals surface area (Å²) in [5.41, 5.74) is 3.26. The van der Waals surface area contributed by atoms with E-state index in [1.165, 1.54) is 10.9 Å². The van der Waals surface area contributed by atoms with E-state index < -0.39 is 0 Å². The number of aryl methyl sites for hydroxylation is 2. The summed E-state index contributed by atoms with van der Waals surface area (Å²) < 4.78 is 7.27. The summed E-state index contributed by atoms with van der Waals surface area (Å²) in [4.78, 5) is 24.8. The van der Waals surface area contributed by atoms with Crippen LogP contribution in [0.25, 0.3) is 0 Å². The van der Waals surface area contributed by atoms with E-state index >= 15 is 0 Å². The van der Waals surface area contributed by atoms with Crippen molar-refractivity contribution in [3.05, 3.63) is 75.7 Å². The van der Waals surface area contributed by atoms with E-state index in [1.807, 2.05) is 39.0 Å². The van der Waals surface area contributed by atoms with Crippen molar-refractivity contribution in [2.24, 2.45) is 7.05 Å². The van der Waals surface area contributed by atoms with Gasteiger partial charge in [-0.25, -0.2) is 4.68 Å². The molecule has 2 N–H and O–H groups in total. The van der Waals surface area contributed by atoms with Gasteiger partial charge in [-0.2, -0.15) is 5.10 Å². The van der Waals surface area contributed by atoms with Crippen molar-refractivity contribution in [1.29, 1.82) is 0 Å². The number of hydrogen-bond acceptors (Lipinski definition) is 5. The molecule has 0 radical (unpaired) electrons. The molecule has 7 heteroatoms. The molecular weight excluding hydrogens is 380 g/mol. The van der Waals surface area contributed by atoms with Crippen molar-refractivity contribution in [3.63, 3.8) is 0 Å². The molecule has 0 bridgehead atoms. The van der Waals surface area contributed by atoms with Crippen LogP contribution in [0.4, 0.5) is 11.4 Å². The lowest BCUT2D eigenvalue weighted by atomic mass is 10.1. The highest BCUT2D eigenvalue weighted by atomic mass is 16.5. The summed E-state index contributed by atoms with van der Waals surface area (Å²) in [6.45, 7) is 6.60. The van der Waals surface area contributed by atoms with E-state index in [9.17, 15) is 9.59 Å². The van der Waals surface area contributed by atoms with Gasteiger partial charge in [0.25, 0.3) is 11.5 Å². The van der Waals surface area contributed by atoms with Gasteiger partial charge in [0.2, 0.25) is 0 Å². The lowest BCUT2D eigenvalue weighted by Crippen LogP contribution is -2.24. The van der Waals surface area contributed by atoms with Crippen LogP contribution in [-0.2, 0) is 7.05 Å². The highest BCUT2D eigenvalue weighted by Gasteiger charge is 2.14. The number of rotatable bonds is 7. The quantitative estimate of drug-likeness (QED) is 0.618. The van der Waals surface area contributed by atoms with Gasteiger partial charge in [-0.05, 0) is 61.7 Å². The molecule has 0 aliphatic carbocycles. The van der Waals surface area contributed by atoms with Gasteiger partial charge in [-0.15, -0.1) is 0 Å². The highest BCUT2D eigenvalue weighted by Crippen LogP contribution is 2.31. The Labute approximate surface area is 175 Å². The average Bonchev–Trinajstić information content (AvgIpc) is 2.75. The maximum absolute atomic E-state index is 12.7. The number of carbonyl (C=O) groups is 1. The van der Waals surface area contributed by atoms with Gasteiger partial charge in [-0.3, -0.25) is 9.59 Å². The van der Waals surface area contributed by atoms with Crippen LogP contribution in [0.1, 0.15) is 34.8 Å². The van der Waals surface area contributed by atoms with Crippen molar-refractivity contribution in [2.45, 2.75) is 27.2 Å². The minimum atomic E-state index is -0.317. The number of aromatic nitrogens is 2. The predicted molar refractivity (Wildman–Crippen MR) is 118 cm³/mol. The first kappa shape index (κ1) is 21.1. The van der Waals surface area contributed by atoms with Gasteiger partial charge in [-0.1, -0.05) is 19.1 Å². The zero-order valence-electron chi connectivity index (χ0n) is 17.7. The first-order valence-corrected chi connectivity index (χ1v) is 9.86. The molecule has 2 aromatic carbocycles. The molecular formula is C23H26N4O3. The third-order valence-electron chi connectivity index (χ3n) is 4.83. The highest BCUT2D eigenvalue weighted by molar-refractivity contribution is 5.94. The summed E-state index contributed by atoms with van der Waals surface area (Å²) in [5, 5.41) is 10.0. The van der Waals surface area contributed by atoms with E-state index in [0.717, 1.165) is 17.5 Å². The minimum absolute atomic E-state index is 0.123. The van der Waals surface area contributed by atoms with Crippen LogP contribution in [0.15, 0.2) is 53.5 Å². The molecule has 0 atom stereocenters. The fraction of sp³-hybridized carbons (Fsp3) is 0.261. The largest absolute Gasteiger partial charge is 0.453 e. The summed E-state index contributed by atoms with van der Waals surface area (Å²) in [7, 11) is 1.58. The maximum Gasteiger partial charge on any atom is 0.294 e. The number of benzene rings is 2. The molecule has 7 nitrogen and oxygen atoms in total. The average molecular weight is 406 g/mol. The van der Waals surface area contributed by atoms with E-state index in [4.69, 9.17) is 4.74 Å². The molecule has 156 valence electrons. The van der Waals surface area contributed by atoms with E-state index in [-0.39, 0.29) is 17.2 Å². The van der Waals surface area contributed by atoms with E-state index in [0.29, 0.717) is 29.3 Å². The molecule has 0 unspecified atom stereocenters. The zero-order chi connectivity index (χ0) is 21.7.